The molecule has 0 aromatic heterocycles. The topological polar surface area (TPSA) is 46.2 Å². The predicted molar refractivity (Wildman–Crippen MR) is 44.7 cm³/mol. The van der Waals surface area contributed by atoms with Crippen molar-refractivity contribution in [2.75, 3.05) is 5.73 Å². The van der Waals surface area contributed by atoms with Crippen LogP contribution in [0.15, 0.2) is 18.2 Å². The van der Waals surface area contributed by atoms with Crippen LogP contribution in [0.3, 0.4) is 0 Å². The van der Waals surface area contributed by atoms with Gasteiger partial charge in [-0.25, -0.2) is 0 Å². The Labute approximate surface area is 65.7 Å². The number of aliphatic hydroxyl groups is 1. The smallest absolute Gasteiger partial charge is 0.0714 e. The van der Waals surface area contributed by atoms with Gasteiger partial charge in [-0.2, -0.15) is 0 Å². The lowest BCUT2D eigenvalue weighted by Gasteiger charge is -2.03. The zero-order valence-electron chi connectivity index (χ0n) is 6.04. The maximum absolute atomic E-state index is 8.85. The van der Waals surface area contributed by atoms with Gasteiger partial charge in [0.2, 0.25) is 0 Å². The molecule has 2 nitrogen and oxygen atoms in total. The Morgan fingerprint density at radius 1 is 1.55 bits per heavy atom. The summed E-state index contributed by atoms with van der Waals surface area (Å²) in [6.45, 7) is -0.105. The molecular formula is C9H9NO. The van der Waals surface area contributed by atoms with Crippen molar-refractivity contribution in [3.8, 4) is 12.3 Å². The molecule has 2 heteroatoms. The van der Waals surface area contributed by atoms with Gasteiger partial charge in [-0.05, 0) is 12.1 Å². The maximum Gasteiger partial charge on any atom is 0.0714 e. The SMILES string of the molecule is C#Cc1cccc(N)c1CO. The lowest BCUT2D eigenvalue weighted by atomic mass is 10.1. The van der Waals surface area contributed by atoms with E-state index >= 15 is 0 Å². The number of rotatable bonds is 1. The van der Waals surface area contributed by atoms with Gasteiger partial charge < -0.3 is 10.8 Å². The first-order valence-corrected chi connectivity index (χ1v) is 3.24. The van der Waals surface area contributed by atoms with E-state index in [1.54, 1.807) is 18.2 Å². The van der Waals surface area contributed by atoms with Crippen LogP contribution in [0.1, 0.15) is 11.1 Å². The van der Waals surface area contributed by atoms with Crippen molar-refractivity contribution in [3.05, 3.63) is 29.3 Å². The van der Waals surface area contributed by atoms with Gasteiger partial charge in [0, 0.05) is 16.8 Å². The van der Waals surface area contributed by atoms with E-state index in [0.717, 1.165) is 0 Å². The largest absolute Gasteiger partial charge is 0.398 e. The van der Waals surface area contributed by atoms with Crippen molar-refractivity contribution in [1.29, 1.82) is 0 Å². The minimum atomic E-state index is -0.105. The molecular weight excluding hydrogens is 138 g/mol. The highest BCUT2D eigenvalue weighted by molar-refractivity contribution is 5.55. The second-order valence-electron chi connectivity index (χ2n) is 2.18. The molecule has 0 atom stereocenters. The number of terminal acetylenes is 1. The van der Waals surface area contributed by atoms with Crippen LogP contribution in [0.5, 0.6) is 0 Å². The molecule has 0 bridgehead atoms. The summed E-state index contributed by atoms with van der Waals surface area (Å²) in [4.78, 5) is 0. The quantitative estimate of drug-likeness (QED) is 0.454. The van der Waals surface area contributed by atoms with Crippen LogP contribution in [-0.2, 0) is 6.61 Å². The highest BCUT2D eigenvalue weighted by atomic mass is 16.3. The maximum atomic E-state index is 8.85. The normalized spacial score (nSPS) is 9.09. The Morgan fingerprint density at radius 2 is 2.27 bits per heavy atom. The van der Waals surface area contributed by atoms with E-state index in [4.69, 9.17) is 17.3 Å². The van der Waals surface area contributed by atoms with Crippen molar-refractivity contribution in [2.45, 2.75) is 6.61 Å². The van der Waals surface area contributed by atoms with Gasteiger partial charge in [-0.3, -0.25) is 0 Å². The minimum absolute atomic E-state index is 0.105. The van der Waals surface area contributed by atoms with Crippen LogP contribution < -0.4 is 5.73 Å². The Hall–Kier alpha value is -1.46. The predicted octanol–water partition coefficient (Wildman–Crippen LogP) is 0.742. The summed E-state index contributed by atoms with van der Waals surface area (Å²) < 4.78 is 0. The van der Waals surface area contributed by atoms with Gasteiger partial charge in [0.1, 0.15) is 0 Å². The lowest BCUT2D eigenvalue weighted by Crippen LogP contribution is -1.96. The van der Waals surface area contributed by atoms with Gasteiger partial charge >= 0.3 is 0 Å². The Kier molecular flexibility index (Phi) is 2.15. The summed E-state index contributed by atoms with van der Waals surface area (Å²) in [5, 5.41) is 8.85. The summed E-state index contributed by atoms with van der Waals surface area (Å²) in [5.74, 6) is 2.45. The Balaban J connectivity index is 3.27. The molecule has 0 aliphatic rings. The fraction of sp³-hybridized carbons (Fsp3) is 0.111. The van der Waals surface area contributed by atoms with Gasteiger partial charge in [0.05, 0.1) is 6.61 Å². The van der Waals surface area contributed by atoms with E-state index in [1.807, 2.05) is 0 Å². The van der Waals surface area contributed by atoms with Gasteiger partial charge in [-0.15, -0.1) is 6.42 Å². The number of anilines is 1. The second-order valence-corrected chi connectivity index (χ2v) is 2.18. The molecule has 0 amide bonds. The number of hydrogen-bond acceptors (Lipinski definition) is 2. The molecule has 0 spiro atoms. The first-order chi connectivity index (χ1) is 5.29. The molecule has 0 unspecified atom stereocenters. The van der Waals surface area contributed by atoms with E-state index in [1.165, 1.54) is 0 Å². The fourth-order valence-electron chi connectivity index (χ4n) is 0.916. The number of nitrogen functional groups attached to an aromatic ring is 1. The highest BCUT2D eigenvalue weighted by Crippen LogP contribution is 2.15. The van der Waals surface area contributed by atoms with Crippen molar-refractivity contribution >= 4 is 5.69 Å². The first kappa shape index (κ1) is 7.64. The highest BCUT2D eigenvalue weighted by Gasteiger charge is 2.00. The number of nitrogens with two attached hydrogens (primary N) is 1. The summed E-state index contributed by atoms with van der Waals surface area (Å²) in [7, 11) is 0. The third-order valence-electron chi connectivity index (χ3n) is 1.53. The van der Waals surface area contributed by atoms with Gasteiger partial charge in [-0.1, -0.05) is 12.0 Å². The van der Waals surface area contributed by atoms with Crippen molar-refractivity contribution in [1.82, 2.24) is 0 Å². The third kappa shape index (κ3) is 1.34. The van der Waals surface area contributed by atoms with Crippen LogP contribution in [0, 0.1) is 12.3 Å². The summed E-state index contributed by atoms with van der Waals surface area (Å²) in [6.07, 6.45) is 5.18. The first-order valence-electron chi connectivity index (χ1n) is 3.24. The molecule has 56 valence electrons. The Bertz CT molecular complexity index is 299. The molecule has 0 radical (unpaired) electrons. The molecule has 0 aliphatic heterocycles. The fourth-order valence-corrected chi connectivity index (χ4v) is 0.916. The van der Waals surface area contributed by atoms with Crippen molar-refractivity contribution in [2.24, 2.45) is 0 Å². The van der Waals surface area contributed by atoms with Crippen LogP contribution in [0.4, 0.5) is 5.69 Å². The molecule has 0 heterocycles. The molecule has 1 aromatic carbocycles. The molecule has 0 saturated heterocycles. The lowest BCUT2D eigenvalue weighted by molar-refractivity contribution is 0.282. The number of benzene rings is 1. The van der Waals surface area contributed by atoms with Crippen LogP contribution in [0.2, 0.25) is 0 Å². The van der Waals surface area contributed by atoms with E-state index in [2.05, 4.69) is 5.92 Å². The van der Waals surface area contributed by atoms with Gasteiger partial charge in [0.15, 0.2) is 0 Å². The van der Waals surface area contributed by atoms with Crippen LogP contribution in [0.25, 0.3) is 0 Å². The molecule has 0 aliphatic carbocycles. The number of aliphatic hydroxyl groups excluding tert-OH is 1. The monoisotopic (exact) mass is 147 g/mol. The molecule has 3 N–H and O–H groups in total. The number of hydrogen-bond donors (Lipinski definition) is 2. The van der Waals surface area contributed by atoms with Crippen LogP contribution >= 0.6 is 0 Å². The average molecular weight is 147 g/mol. The minimum Gasteiger partial charge on any atom is -0.398 e. The van der Waals surface area contributed by atoms with Crippen LogP contribution in [-0.4, -0.2) is 5.11 Å². The molecule has 1 rings (SSSR count). The zero-order valence-corrected chi connectivity index (χ0v) is 6.04. The van der Waals surface area contributed by atoms with Crippen molar-refractivity contribution in [3.63, 3.8) is 0 Å². The standard InChI is InChI=1S/C9H9NO/c1-2-7-4-3-5-9(10)8(7)6-11/h1,3-5,11H,6,10H2. The van der Waals surface area contributed by atoms with Gasteiger partial charge in [0.25, 0.3) is 0 Å². The molecule has 0 saturated carbocycles. The summed E-state index contributed by atoms with van der Waals surface area (Å²) in [6, 6.07) is 5.23. The Morgan fingerprint density at radius 3 is 2.73 bits per heavy atom. The molecule has 0 fully saturated rings. The van der Waals surface area contributed by atoms with E-state index < -0.39 is 0 Å². The van der Waals surface area contributed by atoms with E-state index in [-0.39, 0.29) is 6.61 Å². The summed E-state index contributed by atoms with van der Waals surface area (Å²) >= 11 is 0. The molecule has 1 aromatic rings. The van der Waals surface area contributed by atoms with Crippen molar-refractivity contribution < 1.29 is 5.11 Å². The second kappa shape index (κ2) is 3.09. The third-order valence-corrected chi connectivity index (χ3v) is 1.53. The van der Waals surface area contributed by atoms with E-state index in [9.17, 15) is 0 Å². The molecule has 11 heavy (non-hydrogen) atoms. The zero-order chi connectivity index (χ0) is 8.27. The van der Waals surface area contributed by atoms with E-state index in [0.29, 0.717) is 16.8 Å². The average Bonchev–Trinajstić information content (AvgIpc) is 2.04. The summed E-state index contributed by atoms with van der Waals surface area (Å²) in [5.41, 5.74) is 7.39.